The Morgan fingerprint density at radius 1 is 1.14 bits per heavy atom. The molecular formula is C14H13Br2NO3S. The van der Waals surface area contributed by atoms with E-state index in [2.05, 4.69) is 36.6 Å². The second-order valence-corrected chi connectivity index (χ2v) is 7.67. The molecule has 112 valence electrons. The first-order chi connectivity index (χ1) is 9.85. The van der Waals surface area contributed by atoms with Gasteiger partial charge in [-0.05, 0) is 68.6 Å². The molecule has 0 saturated heterocycles. The van der Waals surface area contributed by atoms with Crippen LogP contribution >= 0.6 is 31.9 Å². The van der Waals surface area contributed by atoms with Gasteiger partial charge in [0.1, 0.15) is 5.75 Å². The number of anilines is 1. The molecule has 0 unspecified atom stereocenters. The molecule has 2 aromatic carbocycles. The van der Waals surface area contributed by atoms with E-state index in [1.165, 1.54) is 19.2 Å². The molecule has 0 fully saturated rings. The number of benzene rings is 2. The molecule has 2 aromatic rings. The number of hydrogen-bond acceptors (Lipinski definition) is 3. The molecule has 7 heteroatoms. The van der Waals surface area contributed by atoms with Crippen LogP contribution in [-0.2, 0) is 10.0 Å². The van der Waals surface area contributed by atoms with Gasteiger partial charge in [-0.2, -0.15) is 0 Å². The zero-order valence-corrected chi connectivity index (χ0v) is 15.3. The molecule has 0 radical (unpaired) electrons. The number of halogens is 2. The first kappa shape index (κ1) is 16.3. The van der Waals surface area contributed by atoms with Crippen molar-refractivity contribution in [3.05, 3.63) is 50.9 Å². The summed E-state index contributed by atoms with van der Waals surface area (Å²) in [5.74, 6) is 0.575. The molecule has 0 aliphatic rings. The molecular weight excluding hydrogens is 422 g/mol. The Kier molecular flexibility index (Phi) is 4.95. The van der Waals surface area contributed by atoms with Gasteiger partial charge in [0.15, 0.2) is 0 Å². The van der Waals surface area contributed by atoms with Gasteiger partial charge in [0.2, 0.25) is 0 Å². The maximum Gasteiger partial charge on any atom is 0.261 e. The summed E-state index contributed by atoms with van der Waals surface area (Å²) in [5.41, 5.74) is 1.45. The molecule has 0 amide bonds. The van der Waals surface area contributed by atoms with Gasteiger partial charge < -0.3 is 4.74 Å². The van der Waals surface area contributed by atoms with E-state index in [1.54, 1.807) is 18.2 Å². The minimum atomic E-state index is -3.67. The summed E-state index contributed by atoms with van der Waals surface area (Å²) in [7, 11) is -2.14. The molecule has 21 heavy (non-hydrogen) atoms. The van der Waals surface area contributed by atoms with Crippen LogP contribution in [0.1, 0.15) is 5.56 Å². The normalized spacial score (nSPS) is 11.2. The van der Waals surface area contributed by atoms with Crippen LogP contribution in [0.15, 0.2) is 50.2 Å². The molecule has 1 N–H and O–H groups in total. The van der Waals surface area contributed by atoms with Crippen molar-refractivity contribution in [2.45, 2.75) is 11.8 Å². The summed E-state index contributed by atoms with van der Waals surface area (Å²) >= 11 is 6.67. The van der Waals surface area contributed by atoms with Gasteiger partial charge in [-0.25, -0.2) is 8.42 Å². The first-order valence-corrected chi connectivity index (χ1v) is 9.03. The Hall–Kier alpha value is -1.05. The molecule has 0 saturated carbocycles. The average molecular weight is 435 g/mol. The van der Waals surface area contributed by atoms with E-state index in [1.807, 2.05) is 13.0 Å². The number of hydrogen-bond donors (Lipinski definition) is 1. The smallest absolute Gasteiger partial charge is 0.261 e. The third kappa shape index (κ3) is 3.59. The highest BCUT2D eigenvalue weighted by molar-refractivity contribution is 9.11. The van der Waals surface area contributed by atoms with Crippen LogP contribution in [0.4, 0.5) is 5.69 Å². The lowest BCUT2D eigenvalue weighted by Gasteiger charge is -2.12. The van der Waals surface area contributed by atoms with Crippen LogP contribution < -0.4 is 9.46 Å². The third-order valence-corrected chi connectivity index (χ3v) is 5.91. The van der Waals surface area contributed by atoms with Crippen molar-refractivity contribution in [3.63, 3.8) is 0 Å². The fraction of sp³-hybridized carbons (Fsp3) is 0.143. The van der Waals surface area contributed by atoms with Crippen LogP contribution in [-0.4, -0.2) is 15.5 Å². The van der Waals surface area contributed by atoms with Gasteiger partial charge in [0.05, 0.1) is 22.2 Å². The van der Waals surface area contributed by atoms with Crippen molar-refractivity contribution in [1.82, 2.24) is 0 Å². The fourth-order valence-electron chi connectivity index (χ4n) is 1.74. The van der Waals surface area contributed by atoms with Crippen molar-refractivity contribution < 1.29 is 13.2 Å². The maximum atomic E-state index is 12.4. The first-order valence-electron chi connectivity index (χ1n) is 5.96. The third-order valence-electron chi connectivity index (χ3n) is 2.87. The van der Waals surface area contributed by atoms with Crippen LogP contribution in [0.5, 0.6) is 5.75 Å². The highest BCUT2D eigenvalue weighted by Gasteiger charge is 2.17. The Labute approximate surface area is 140 Å². The molecule has 0 aliphatic carbocycles. The second kappa shape index (κ2) is 6.37. The number of nitrogens with one attached hydrogen (secondary N) is 1. The fourth-order valence-corrected chi connectivity index (χ4v) is 4.03. The van der Waals surface area contributed by atoms with E-state index in [4.69, 9.17) is 4.74 Å². The second-order valence-electron chi connectivity index (χ2n) is 4.34. The standard InChI is InChI=1S/C14H13Br2NO3S/c1-9-4-3-5-12(14(9)16)17-21(18,19)10-6-7-13(20-2)11(15)8-10/h3-8,17H,1-2H3. The molecule has 0 aliphatic heterocycles. The van der Waals surface area contributed by atoms with E-state index in [9.17, 15) is 8.42 Å². The largest absolute Gasteiger partial charge is 0.496 e. The molecule has 0 bridgehead atoms. The summed E-state index contributed by atoms with van der Waals surface area (Å²) in [5, 5.41) is 0. The van der Waals surface area contributed by atoms with Gasteiger partial charge in [0, 0.05) is 4.47 Å². The molecule has 0 heterocycles. The maximum absolute atomic E-state index is 12.4. The Morgan fingerprint density at radius 3 is 2.48 bits per heavy atom. The molecule has 0 spiro atoms. The number of rotatable bonds is 4. The summed E-state index contributed by atoms with van der Waals surface area (Å²) in [6.07, 6.45) is 0. The zero-order valence-electron chi connectivity index (χ0n) is 11.4. The van der Waals surface area contributed by atoms with E-state index in [0.717, 1.165) is 10.0 Å². The molecule has 2 rings (SSSR count). The van der Waals surface area contributed by atoms with Gasteiger partial charge in [-0.15, -0.1) is 0 Å². The Bertz CT molecular complexity index is 776. The van der Waals surface area contributed by atoms with Crippen LogP contribution in [0.2, 0.25) is 0 Å². The highest BCUT2D eigenvalue weighted by atomic mass is 79.9. The van der Waals surface area contributed by atoms with Crippen LogP contribution in [0.3, 0.4) is 0 Å². The lowest BCUT2D eigenvalue weighted by Crippen LogP contribution is -2.13. The Morgan fingerprint density at radius 2 is 1.86 bits per heavy atom. The number of methoxy groups -OCH3 is 1. The minimum absolute atomic E-state index is 0.156. The number of aryl methyl sites for hydroxylation is 1. The van der Waals surface area contributed by atoms with Gasteiger partial charge in [0.25, 0.3) is 10.0 Å². The molecule has 4 nitrogen and oxygen atoms in total. The summed E-state index contributed by atoms with van der Waals surface area (Å²) in [6, 6.07) is 9.99. The topological polar surface area (TPSA) is 55.4 Å². The van der Waals surface area contributed by atoms with E-state index >= 15 is 0 Å². The summed E-state index contributed by atoms with van der Waals surface area (Å²) < 4.78 is 33.8. The molecule has 0 atom stereocenters. The van der Waals surface area contributed by atoms with Crippen molar-refractivity contribution in [2.75, 3.05) is 11.8 Å². The van der Waals surface area contributed by atoms with Gasteiger partial charge >= 0.3 is 0 Å². The lowest BCUT2D eigenvalue weighted by molar-refractivity contribution is 0.411. The SMILES string of the molecule is COc1ccc(S(=O)(=O)Nc2cccc(C)c2Br)cc1Br. The minimum Gasteiger partial charge on any atom is -0.496 e. The van der Waals surface area contributed by atoms with Crippen LogP contribution in [0, 0.1) is 6.92 Å². The number of ether oxygens (including phenoxy) is 1. The summed E-state index contributed by atoms with van der Waals surface area (Å²) in [4.78, 5) is 0.156. The predicted octanol–water partition coefficient (Wildman–Crippen LogP) is 4.33. The molecule has 0 aromatic heterocycles. The van der Waals surface area contributed by atoms with E-state index in [-0.39, 0.29) is 4.90 Å². The lowest BCUT2D eigenvalue weighted by atomic mass is 10.2. The van der Waals surface area contributed by atoms with Gasteiger partial charge in [-0.3, -0.25) is 4.72 Å². The Balaban J connectivity index is 2.39. The van der Waals surface area contributed by atoms with Gasteiger partial charge in [-0.1, -0.05) is 12.1 Å². The van der Waals surface area contributed by atoms with Crippen molar-refractivity contribution in [2.24, 2.45) is 0 Å². The van der Waals surface area contributed by atoms with Crippen molar-refractivity contribution in [3.8, 4) is 5.75 Å². The van der Waals surface area contributed by atoms with Crippen molar-refractivity contribution in [1.29, 1.82) is 0 Å². The monoisotopic (exact) mass is 433 g/mol. The number of sulfonamides is 1. The average Bonchev–Trinajstić information content (AvgIpc) is 2.43. The predicted molar refractivity (Wildman–Crippen MR) is 90.4 cm³/mol. The highest BCUT2D eigenvalue weighted by Crippen LogP contribution is 2.31. The van der Waals surface area contributed by atoms with E-state index in [0.29, 0.717) is 15.9 Å². The van der Waals surface area contributed by atoms with E-state index < -0.39 is 10.0 Å². The summed E-state index contributed by atoms with van der Waals surface area (Å²) in [6.45, 7) is 1.89. The zero-order chi connectivity index (χ0) is 15.6. The van der Waals surface area contributed by atoms with Crippen LogP contribution in [0.25, 0.3) is 0 Å². The quantitative estimate of drug-likeness (QED) is 0.778. The van der Waals surface area contributed by atoms with Crippen molar-refractivity contribution >= 4 is 47.6 Å².